The lowest BCUT2D eigenvalue weighted by atomic mass is 9.79. The highest BCUT2D eigenvalue weighted by molar-refractivity contribution is 6.40. The van der Waals surface area contributed by atoms with Crippen molar-refractivity contribution in [2.75, 3.05) is 6.61 Å². The summed E-state index contributed by atoms with van der Waals surface area (Å²) in [5.74, 6) is -1.79. The van der Waals surface area contributed by atoms with Crippen molar-refractivity contribution >= 4 is 46.7 Å². The first-order valence-electron chi connectivity index (χ1n) is 9.47. The van der Waals surface area contributed by atoms with Crippen LogP contribution in [0.25, 0.3) is 0 Å². The van der Waals surface area contributed by atoms with Crippen molar-refractivity contribution in [1.29, 1.82) is 0 Å². The summed E-state index contributed by atoms with van der Waals surface area (Å²) in [7, 11) is 0. The minimum absolute atomic E-state index is 0.0741. The van der Waals surface area contributed by atoms with Crippen LogP contribution in [0, 0.1) is 11.8 Å². The third kappa shape index (κ3) is 6.55. The van der Waals surface area contributed by atoms with Gasteiger partial charge in [0.05, 0.1) is 28.5 Å². The van der Waals surface area contributed by atoms with E-state index < -0.39 is 17.8 Å². The van der Waals surface area contributed by atoms with E-state index in [0.717, 1.165) is 38.5 Å². The van der Waals surface area contributed by atoms with Crippen LogP contribution in [0.4, 0.5) is 0 Å². The van der Waals surface area contributed by atoms with Gasteiger partial charge in [-0.05, 0) is 31.4 Å². The van der Waals surface area contributed by atoms with Gasteiger partial charge >= 0.3 is 11.9 Å². The van der Waals surface area contributed by atoms with Crippen LogP contribution in [0.5, 0.6) is 5.75 Å². The molecule has 2 rings (SSSR count). The van der Waals surface area contributed by atoms with Gasteiger partial charge in [0.2, 0.25) is 0 Å². The van der Waals surface area contributed by atoms with E-state index in [1.54, 1.807) is 0 Å². The largest absolute Gasteiger partial charge is 0.465 e. The van der Waals surface area contributed by atoms with Crippen molar-refractivity contribution in [2.45, 2.75) is 58.3 Å². The van der Waals surface area contributed by atoms with E-state index in [2.05, 4.69) is 6.92 Å². The molecule has 1 fully saturated rings. The maximum atomic E-state index is 12.7. The average Bonchev–Trinajstić information content (AvgIpc) is 2.64. The highest BCUT2D eigenvalue weighted by atomic mass is 35.5. The molecule has 7 heteroatoms. The SMILES string of the molecule is CCCCCCOC(=O)C1CCCCC1C(=O)Oc1c(Cl)cc(Cl)cc1Cl. The third-order valence-corrected chi connectivity index (χ3v) is 5.56. The fourth-order valence-corrected chi connectivity index (χ4v) is 4.20. The second kappa shape index (κ2) is 11.1. The van der Waals surface area contributed by atoms with Crippen molar-refractivity contribution in [1.82, 2.24) is 0 Å². The Morgan fingerprint density at radius 1 is 0.963 bits per heavy atom. The number of esters is 2. The first-order valence-corrected chi connectivity index (χ1v) is 10.6. The molecule has 1 aliphatic carbocycles. The van der Waals surface area contributed by atoms with E-state index in [9.17, 15) is 9.59 Å². The number of ether oxygens (including phenoxy) is 2. The van der Waals surface area contributed by atoms with Gasteiger partial charge in [0.15, 0.2) is 5.75 Å². The van der Waals surface area contributed by atoms with Crippen LogP contribution in [0.15, 0.2) is 12.1 Å². The molecule has 0 heterocycles. The average molecular weight is 436 g/mol. The summed E-state index contributed by atoms with van der Waals surface area (Å²) in [5.41, 5.74) is 0. The molecule has 4 nitrogen and oxygen atoms in total. The number of unbranched alkanes of at least 4 members (excludes halogenated alkanes) is 3. The Bertz CT molecular complexity index is 640. The van der Waals surface area contributed by atoms with Gasteiger partial charge in [0.25, 0.3) is 0 Å². The van der Waals surface area contributed by atoms with Crippen LogP contribution in [-0.2, 0) is 14.3 Å². The molecule has 1 saturated carbocycles. The van der Waals surface area contributed by atoms with Crippen molar-refractivity contribution in [2.24, 2.45) is 11.8 Å². The summed E-state index contributed by atoms with van der Waals surface area (Å²) in [6.07, 6.45) is 7.08. The zero-order chi connectivity index (χ0) is 19.8. The first kappa shape index (κ1) is 22.3. The predicted octanol–water partition coefficient (Wildman–Crippen LogP) is 6.48. The molecule has 0 N–H and O–H groups in total. The van der Waals surface area contributed by atoms with Crippen molar-refractivity contribution in [3.05, 3.63) is 27.2 Å². The molecule has 150 valence electrons. The number of hydrogen-bond donors (Lipinski definition) is 0. The van der Waals surface area contributed by atoms with E-state index in [4.69, 9.17) is 44.3 Å². The topological polar surface area (TPSA) is 52.6 Å². The number of rotatable bonds is 8. The van der Waals surface area contributed by atoms with E-state index >= 15 is 0 Å². The van der Waals surface area contributed by atoms with Crippen molar-refractivity contribution < 1.29 is 19.1 Å². The Labute approximate surface area is 175 Å². The lowest BCUT2D eigenvalue weighted by Gasteiger charge is -2.28. The molecule has 1 aromatic rings. The summed E-state index contributed by atoms with van der Waals surface area (Å²) >= 11 is 18.1. The summed E-state index contributed by atoms with van der Waals surface area (Å²) in [6, 6.07) is 2.92. The number of carbonyl (C=O) groups is 2. The molecule has 0 saturated heterocycles. The van der Waals surface area contributed by atoms with Crippen LogP contribution >= 0.6 is 34.8 Å². The zero-order valence-electron chi connectivity index (χ0n) is 15.4. The Balaban J connectivity index is 1.99. The van der Waals surface area contributed by atoms with Crippen LogP contribution in [-0.4, -0.2) is 18.5 Å². The fraction of sp³-hybridized carbons (Fsp3) is 0.600. The van der Waals surface area contributed by atoms with Crippen LogP contribution in [0.2, 0.25) is 15.1 Å². The Morgan fingerprint density at radius 3 is 2.15 bits per heavy atom. The summed E-state index contributed by atoms with van der Waals surface area (Å²) in [5, 5.41) is 0.672. The Kier molecular flexibility index (Phi) is 9.20. The van der Waals surface area contributed by atoms with Gasteiger partial charge in [-0.25, -0.2) is 0 Å². The fourth-order valence-electron chi connectivity index (χ4n) is 3.31. The highest BCUT2D eigenvalue weighted by Crippen LogP contribution is 2.38. The summed E-state index contributed by atoms with van der Waals surface area (Å²) in [4.78, 5) is 25.2. The maximum Gasteiger partial charge on any atom is 0.315 e. The van der Waals surface area contributed by atoms with Gasteiger partial charge in [-0.2, -0.15) is 0 Å². The van der Waals surface area contributed by atoms with Crippen molar-refractivity contribution in [3.8, 4) is 5.75 Å². The second-order valence-electron chi connectivity index (χ2n) is 6.85. The van der Waals surface area contributed by atoms with Gasteiger partial charge in [0, 0.05) is 5.02 Å². The number of hydrogen-bond acceptors (Lipinski definition) is 4. The smallest absolute Gasteiger partial charge is 0.315 e. The lowest BCUT2D eigenvalue weighted by molar-refractivity contribution is -0.158. The van der Waals surface area contributed by atoms with Gasteiger partial charge in [-0.3, -0.25) is 9.59 Å². The quantitative estimate of drug-likeness (QED) is 0.266. The van der Waals surface area contributed by atoms with Gasteiger partial charge < -0.3 is 9.47 Å². The highest BCUT2D eigenvalue weighted by Gasteiger charge is 2.38. The third-order valence-electron chi connectivity index (χ3n) is 4.78. The van der Waals surface area contributed by atoms with Crippen LogP contribution in [0.3, 0.4) is 0 Å². The molecule has 0 aliphatic heterocycles. The molecular weight excluding hydrogens is 411 g/mol. The normalized spacial score (nSPS) is 19.6. The van der Waals surface area contributed by atoms with E-state index in [-0.39, 0.29) is 21.8 Å². The Hall–Kier alpha value is -0.970. The molecule has 1 aliphatic rings. The molecule has 2 atom stereocenters. The molecule has 0 bridgehead atoms. The molecule has 0 radical (unpaired) electrons. The predicted molar refractivity (Wildman–Crippen MR) is 108 cm³/mol. The van der Waals surface area contributed by atoms with Crippen molar-refractivity contribution in [3.63, 3.8) is 0 Å². The standard InChI is InChI=1S/C20H25Cl3O4/c1-2-3-4-7-10-26-19(24)14-8-5-6-9-15(14)20(25)27-18-16(22)11-13(21)12-17(18)23/h11-12,14-15H,2-10H2,1H3. The molecule has 27 heavy (non-hydrogen) atoms. The first-order chi connectivity index (χ1) is 12.9. The Morgan fingerprint density at radius 2 is 1.56 bits per heavy atom. The molecule has 0 amide bonds. The van der Waals surface area contributed by atoms with Gasteiger partial charge in [0.1, 0.15) is 0 Å². The van der Waals surface area contributed by atoms with Crippen LogP contribution in [0.1, 0.15) is 58.3 Å². The van der Waals surface area contributed by atoms with Gasteiger partial charge in [-0.1, -0.05) is 73.8 Å². The molecule has 2 unspecified atom stereocenters. The van der Waals surface area contributed by atoms with Crippen LogP contribution < -0.4 is 4.74 Å². The molecule has 1 aromatic carbocycles. The second-order valence-corrected chi connectivity index (χ2v) is 8.10. The summed E-state index contributed by atoms with van der Waals surface area (Å²) in [6.45, 7) is 2.52. The lowest BCUT2D eigenvalue weighted by Crippen LogP contribution is -2.36. The minimum Gasteiger partial charge on any atom is -0.465 e. The number of carbonyl (C=O) groups excluding carboxylic acids is 2. The van der Waals surface area contributed by atoms with E-state index in [0.29, 0.717) is 24.5 Å². The number of benzene rings is 1. The number of halogens is 3. The molecular formula is C20H25Cl3O4. The maximum absolute atomic E-state index is 12.7. The molecule has 0 spiro atoms. The van der Waals surface area contributed by atoms with E-state index in [1.807, 2.05) is 0 Å². The molecule has 0 aromatic heterocycles. The van der Waals surface area contributed by atoms with Gasteiger partial charge in [-0.15, -0.1) is 0 Å². The van der Waals surface area contributed by atoms with E-state index in [1.165, 1.54) is 12.1 Å². The minimum atomic E-state index is -0.551. The summed E-state index contributed by atoms with van der Waals surface area (Å²) < 4.78 is 10.8. The zero-order valence-corrected chi connectivity index (χ0v) is 17.7. The monoisotopic (exact) mass is 434 g/mol.